The lowest BCUT2D eigenvalue weighted by atomic mass is 10.2. The van der Waals surface area contributed by atoms with Crippen LogP contribution in [0, 0.1) is 6.92 Å². The Morgan fingerprint density at radius 2 is 1.85 bits per heavy atom. The number of benzene rings is 2. The smallest absolute Gasteiger partial charge is 0.321 e. The number of urea groups is 1. The van der Waals surface area contributed by atoms with Gasteiger partial charge in [0, 0.05) is 36.9 Å². The molecule has 0 aliphatic carbocycles. The van der Waals surface area contributed by atoms with E-state index < -0.39 is 0 Å². The van der Waals surface area contributed by atoms with E-state index in [1.165, 1.54) is 10.3 Å². The van der Waals surface area contributed by atoms with E-state index in [0.29, 0.717) is 18.1 Å². The molecule has 26 heavy (non-hydrogen) atoms. The molecule has 1 saturated heterocycles. The van der Waals surface area contributed by atoms with Gasteiger partial charge in [-0.3, -0.25) is 0 Å². The van der Waals surface area contributed by atoms with Crippen molar-refractivity contribution in [3.05, 3.63) is 53.1 Å². The van der Waals surface area contributed by atoms with Crippen LogP contribution in [0.5, 0.6) is 0 Å². The fourth-order valence-electron chi connectivity index (χ4n) is 3.05. The molecule has 5 nitrogen and oxygen atoms in total. The molecule has 2 aromatic carbocycles. The van der Waals surface area contributed by atoms with Gasteiger partial charge in [0.2, 0.25) is 0 Å². The van der Waals surface area contributed by atoms with E-state index in [1.807, 2.05) is 4.90 Å². The molecule has 1 N–H and O–H groups in total. The third-order valence-electron chi connectivity index (χ3n) is 4.54. The van der Waals surface area contributed by atoms with Gasteiger partial charge in [0.25, 0.3) is 0 Å². The van der Waals surface area contributed by atoms with E-state index in [0.717, 1.165) is 29.4 Å². The van der Waals surface area contributed by atoms with Crippen molar-refractivity contribution in [3.8, 4) is 0 Å². The average Bonchev–Trinajstić information content (AvgIpc) is 3.09. The number of nitrogens with zero attached hydrogens (tertiary/aromatic N) is 3. The maximum atomic E-state index is 12.4. The van der Waals surface area contributed by atoms with Crippen molar-refractivity contribution in [2.45, 2.75) is 6.92 Å². The number of aryl methyl sites for hydroxylation is 1. The van der Waals surface area contributed by atoms with Gasteiger partial charge in [-0.1, -0.05) is 35.1 Å². The number of thiazole rings is 1. The first-order chi connectivity index (χ1) is 12.6. The Balaban J connectivity index is 1.39. The van der Waals surface area contributed by atoms with Gasteiger partial charge in [-0.15, -0.1) is 0 Å². The van der Waals surface area contributed by atoms with Gasteiger partial charge >= 0.3 is 6.03 Å². The predicted molar refractivity (Wildman–Crippen MR) is 109 cm³/mol. The quantitative estimate of drug-likeness (QED) is 0.699. The zero-order valence-electron chi connectivity index (χ0n) is 14.4. The summed E-state index contributed by atoms with van der Waals surface area (Å²) in [5.41, 5.74) is 3.03. The predicted octanol–water partition coefficient (Wildman–Crippen LogP) is 4.61. The zero-order valence-corrected chi connectivity index (χ0v) is 16.0. The molecule has 0 unspecified atom stereocenters. The summed E-state index contributed by atoms with van der Waals surface area (Å²) >= 11 is 7.59. The number of rotatable bonds is 2. The number of amides is 2. The number of hydrogen-bond acceptors (Lipinski definition) is 4. The molecular formula is C19H19ClN4OS. The zero-order chi connectivity index (χ0) is 18.1. The highest BCUT2D eigenvalue weighted by atomic mass is 35.5. The van der Waals surface area contributed by atoms with Crippen LogP contribution in [0.1, 0.15) is 5.56 Å². The van der Waals surface area contributed by atoms with Crippen molar-refractivity contribution in [1.29, 1.82) is 0 Å². The molecule has 1 fully saturated rings. The molecule has 134 valence electrons. The second kappa shape index (κ2) is 7.13. The molecule has 0 radical (unpaired) electrons. The molecule has 0 bridgehead atoms. The lowest BCUT2D eigenvalue weighted by Crippen LogP contribution is -2.50. The molecule has 0 spiro atoms. The maximum absolute atomic E-state index is 12.4. The van der Waals surface area contributed by atoms with E-state index in [9.17, 15) is 4.79 Å². The first-order valence-electron chi connectivity index (χ1n) is 8.53. The van der Waals surface area contributed by atoms with Crippen molar-refractivity contribution < 1.29 is 4.79 Å². The largest absolute Gasteiger partial charge is 0.345 e. The average molecular weight is 387 g/mol. The van der Waals surface area contributed by atoms with Gasteiger partial charge in [-0.25, -0.2) is 9.78 Å². The number of hydrogen-bond donors (Lipinski definition) is 1. The van der Waals surface area contributed by atoms with Crippen molar-refractivity contribution in [1.82, 2.24) is 9.88 Å². The SMILES string of the molecule is Cc1cccc2sc(N3CCN(C(=O)Nc4ccc(Cl)cc4)CC3)nc12. The Bertz CT molecular complexity index is 932. The van der Waals surface area contributed by atoms with Crippen LogP contribution < -0.4 is 10.2 Å². The van der Waals surface area contributed by atoms with Crippen molar-refractivity contribution >= 4 is 50.0 Å². The molecule has 1 aromatic heterocycles. The van der Waals surface area contributed by atoms with Crippen LogP contribution in [0.2, 0.25) is 5.02 Å². The monoisotopic (exact) mass is 386 g/mol. The van der Waals surface area contributed by atoms with E-state index in [2.05, 4.69) is 35.3 Å². The molecule has 2 amide bonds. The minimum Gasteiger partial charge on any atom is -0.345 e. The lowest BCUT2D eigenvalue weighted by Gasteiger charge is -2.34. The molecule has 4 rings (SSSR count). The molecule has 0 atom stereocenters. The summed E-state index contributed by atoms with van der Waals surface area (Å²) in [6, 6.07) is 13.3. The molecule has 2 heterocycles. The summed E-state index contributed by atoms with van der Waals surface area (Å²) in [6.45, 7) is 5.01. The van der Waals surface area contributed by atoms with E-state index in [-0.39, 0.29) is 6.03 Å². The van der Waals surface area contributed by atoms with Gasteiger partial charge in [-0.05, 0) is 42.8 Å². The van der Waals surface area contributed by atoms with Crippen LogP contribution in [0.25, 0.3) is 10.2 Å². The van der Waals surface area contributed by atoms with E-state index >= 15 is 0 Å². The molecule has 1 aliphatic rings. The van der Waals surface area contributed by atoms with Crippen LogP contribution in [0.15, 0.2) is 42.5 Å². The number of fused-ring (bicyclic) bond motifs is 1. The summed E-state index contributed by atoms with van der Waals surface area (Å²) in [6.07, 6.45) is 0. The van der Waals surface area contributed by atoms with Crippen molar-refractivity contribution in [3.63, 3.8) is 0 Å². The number of carbonyl (C=O) groups is 1. The van der Waals surface area contributed by atoms with Crippen molar-refractivity contribution in [2.75, 3.05) is 36.4 Å². The minimum atomic E-state index is -0.0767. The van der Waals surface area contributed by atoms with Crippen LogP contribution in [-0.2, 0) is 0 Å². The van der Waals surface area contributed by atoms with Crippen LogP contribution in [0.4, 0.5) is 15.6 Å². The second-order valence-electron chi connectivity index (χ2n) is 6.33. The number of para-hydroxylation sites is 1. The Morgan fingerprint density at radius 3 is 2.54 bits per heavy atom. The molecule has 7 heteroatoms. The third-order valence-corrected chi connectivity index (χ3v) is 5.88. The number of anilines is 2. The number of nitrogens with one attached hydrogen (secondary N) is 1. The fourth-order valence-corrected chi connectivity index (χ4v) is 4.27. The van der Waals surface area contributed by atoms with Gasteiger partial charge in [0.15, 0.2) is 5.13 Å². The Morgan fingerprint density at radius 1 is 1.12 bits per heavy atom. The summed E-state index contributed by atoms with van der Waals surface area (Å²) in [4.78, 5) is 21.3. The highest BCUT2D eigenvalue weighted by Crippen LogP contribution is 2.31. The lowest BCUT2D eigenvalue weighted by molar-refractivity contribution is 0.208. The van der Waals surface area contributed by atoms with Crippen LogP contribution in [-0.4, -0.2) is 42.1 Å². The number of halogens is 1. The van der Waals surface area contributed by atoms with Crippen molar-refractivity contribution in [2.24, 2.45) is 0 Å². The molecule has 1 aliphatic heterocycles. The second-order valence-corrected chi connectivity index (χ2v) is 7.77. The fraction of sp³-hybridized carbons (Fsp3) is 0.263. The molecule has 3 aromatic rings. The topological polar surface area (TPSA) is 48.5 Å². The summed E-state index contributed by atoms with van der Waals surface area (Å²) < 4.78 is 1.21. The first kappa shape index (κ1) is 17.1. The third kappa shape index (κ3) is 3.48. The summed E-state index contributed by atoms with van der Waals surface area (Å²) in [7, 11) is 0. The summed E-state index contributed by atoms with van der Waals surface area (Å²) in [5, 5.41) is 4.61. The van der Waals surface area contributed by atoms with Crippen LogP contribution >= 0.6 is 22.9 Å². The van der Waals surface area contributed by atoms with Gasteiger partial charge < -0.3 is 15.1 Å². The van der Waals surface area contributed by atoms with Gasteiger partial charge in [0.1, 0.15) is 0 Å². The number of carbonyl (C=O) groups excluding carboxylic acids is 1. The molecular weight excluding hydrogens is 368 g/mol. The van der Waals surface area contributed by atoms with Gasteiger partial charge in [-0.2, -0.15) is 0 Å². The Kier molecular flexibility index (Phi) is 4.70. The number of piperazine rings is 1. The Hall–Kier alpha value is -2.31. The minimum absolute atomic E-state index is 0.0767. The number of aromatic nitrogens is 1. The van der Waals surface area contributed by atoms with Gasteiger partial charge in [0.05, 0.1) is 10.2 Å². The first-order valence-corrected chi connectivity index (χ1v) is 9.72. The standard InChI is InChI=1S/C19H19ClN4OS/c1-13-3-2-4-16-17(13)22-19(26-16)24-11-9-23(10-12-24)18(25)21-15-7-5-14(20)6-8-15/h2-8H,9-12H2,1H3,(H,21,25). The molecule has 0 saturated carbocycles. The van der Waals surface area contributed by atoms with E-state index in [1.54, 1.807) is 35.6 Å². The van der Waals surface area contributed by atoms with Crippen LogP contribution in [0.3, 0.4) is 0 Å². The maximum Gasteiger partial charge on any atom is 0.321 e. The highest BCUT2D eigenvalue weighted by Gasteiger charge is 2.23. The highest BCUT2D eigenvalue weighted by molar-refractivity contribution is 7.22. The summed E-state index contributed by atoms with van der Waals surface area (Å²) in [5.74, 6) is 0. The Labute approximate surface area is 161 Å². The van der Waals surface area contributed by atoms with E-state index in [4.69, 9.17) is 16.6 Å². The normalized spacial score (nSPS) is 14.7.